The summed E-state index contributed by atoms with van der Waals surface area (Å²) in [5, 5.41) is 0. The number of hydrogen-bond acceptors (Lipinski definition) is 4. The van der Waals surface area contributed by atoms with E-state index < -0.39 is 0 Å². The fourth-order valence-corrected chi connectivity index (χ4v) is 10.7. The van der Waals surface area contributed by atoms with Crippen molar-refractivity contribution in [2.24, 2.45) is 5.92 Å². The van der Waals surface area contributed by atoms with Crippen LogP contribution in [0.3, 0.4) is 0 Å². The summed E-state index contributed by atoms with van der Waals surface area (Å²) in [6, 6.07) is 0. The molecule has 0 aliphatic rings. The lowest BCUT2D eigenvalue weighted by Crippen LogP contribution is -2.05. The molecule has 0 fully saturated rings. The van der Waals surface area contributed by atoms with Gasteiger partial charge in [-0.2, -0.15) is 0 Å². The van der Waals surface area contributed by atoms with Crippen molar-refractivity contribution in [3.8, 4) is 0 Å². The molecule has 4 nitrogen and oxygen atoms in total. The van der Waals surface area contributed by atoms with Gasteiger partial charge in [0, 0.05) is 12.8 Å². The van der Waals surface area contributed by atoms with Gasteiger partial charge in [0.1, 0.15) is 0 Å². The quantitative estimate of drug-likeness (QED) is 0.0346. The molecule has 0 atom stereocenters. The number of ether oxygens (including phenoxy) is 2. The first-order chi connectivity index (χ1) is 37.5. The van der Waals surface area contributed by atoms with Gasteiger partial charge in [-0.3, -0.25) is 9.59 Å². The molecule has 0 N–H and O–H groups in total. The molecule has 0 spiro atoms. The first-order valence-electron chi connectivity index (χ1n) is 35.4. The van der Waals surface area contributed by atoms with Gasteiger partial charge < -0.3 is 9.47 Å². The molecule has 0 amide bonds. The van der Waals surface area contributed by atoms with Crippen molar-refractivity contribution in [3.63, 3.8) is 0 Å². The smallest absolute Gasteiger partial charge is 0.305 e. The highest BCUT2D eigenvalue weighted by molar-refractivity contribution is 5.69. The highest BCUT2D eigenvalue weighted by atomic mass is 16.5. The summed E-state index contributed by atoms with van der Waals surface area (Å²) in [5.74, 6) is 0.923. The molecule has 0 aromatic heterocycles. The molecule has 0 rings (SSSR count). The average molecular weight is 1070 g/mol. The Kier molecular flexibility index (Phi) is 72.4. The van der Waals surface area contributed by atoms with Crippen LogP contribution >= 0.6 is 0 Å². The summed E-state index contributed by atoms with van der Waals surface area (Å²) in [4.78, 5) is 23.8. The van der Waals surface area contributed by atoms with Crippen LogP contribution in [0.1, 0.15) is 420 Å². The fourth-order valence-electron chi connectivity index (χ4n) is 10.7. The Bertz CT molecular complexity index is 1080. The van der Waals surface area contributed by atoms with Crippen molar-refractivity contribution in [1.29, 1.82) is 0 Å². The van der Waals surface area contributed by atoms with Crippen LogP contribution in [-0.4, -0.2) is 25.2 Å². The van der Waals surface area contributed by atoms with E-state index in [0.717, 1.165) is 31.6 Å². The summed E-state index contributed by atoms with van der Waals surface area (Å²) in [6.07, 6.45) is 84.3. The molecular weight excluding hydrogens is 929 g/mol. The lowest BCUT2D eigenvalue weighted by atomic mass is 10.0. The second-order valence-corrected chi connectivity index (χ2v) is 24.6. The number of carbonyl (C=O) groups is 2. The molecule has 0 aliphatic heterocycles. The van der Waals surface area contributed by atoms with E-state index in [1.54, 1.807) is 0 Å². The van der Waals surface area contributed by atoms with Crippen LogP contribution in [0, 0.1) is 5.92 Å². The minimum atomic E-state index is 0.0239. The van der Waals surface area contributed by atoms with Crippen LogP contribution in [0.2, 0.25) is 0 Å². The van der Waals surface area contributed by atoms with Crippen molar-refractivity contribution < 1.29 is 19.1 Å². The zero-order valence-electron chi connectivity index (χ0n) is 53.2. The topological polar surface area (TPSA) is 52.6 Å². The maximum absolute atomic E-state index is 12.0. The van der Waals surface area contributed by atoms with Gasteiger partial charge in [-0.15, -0.1) is 0 Å². The van der Waals surface area contributed by atoms with E-state index in [1.165, 1.54) is 347 Å². The van der Waals surface area contributed by atoms with E-state index in [2.05, 4.69) is 46.8 Å². The Morgan fingerprint density at radius 2 is 0.461 bits per heavy atom. The summed E-state index contributed by atoms with van der Waals surface area (Å²) < 4.78 is 10.9. The maximum Gasteiger partial charge on any atom is 0.305 e. The molecule has 0 aliphatic carbocycles. The predicted octanol–water partition coefficient (Wildman–Crippen LogP) is 25.7. The number of allylic oxidation sites excluding steroid dienone is 2. The Labute approximate surface area is 480 Å². The molecule has 0 aromatic rings. The van der Waals surface area contributed by atoms with Crippen LogP contribution in [0.25, 0.3) is 0 Å². The Balaban J connectivity index is 0. The third kappa shape index (κ3) is 74.8. The second-order valence-electron chi connectivity index (χ2n) is 24.6. The maximum atomic E-state index is 12.0. The third-order valence-electron chi connectivity index (χ3n) is 16.1. The van der Waals surface area contributed by atoms with Gasteiger partial charge in [0.25, 0.3) is 0 Å². The van der Waals surface area contributed by atoms with Crippen LogP contribution in [0.5, 0.6) is 0 Å². The van der Waals surface area contributed by atoms with Crippen molar-refractivity contribution in [1.82, 2.24) is 0 Å². The summed E-state index contributed by atoms with van der Waals surface area (Å²) in [5.41, 5.74) is 0. The average Bonchev–Trinajstić information content (AvgIpc) is 3.41. The molecule has 76 heavy (non-hydrogen) atoms. The molecular formula is C72H142O4. The molecule has 0 saturated carbocycles. The van der Waals surface area contributed by atoms with Crippen molar-refractivity contribution in [3.05, 3.63) is 12.2 Å². The summed E-state index contributed by atoms with van der Waals surface area (Å²) in [7, 11) is 0. The normalized spacial score (nSPS) is 11.5. The van der Waals surface area contributed by atoms with Crippen LogP contribution in [0.4, 0.5) is 0 Å². The molecule has 4 heteroatoms. The lowest BCUT2D eigenvalue weighted by molar-refractivity contribution is -0.144. The Morgan fingerprint density at radius 1 is 0.263 bits per heavy atom. The number of hydrogen-bond donors (Lipinski definition) is 0. The minimum Gasteiger partial charge on any atom is -0.466 e. The van der Waals surface area contributed by atoms with E-state index in [9.17, 15) is 9.59 Å². The van der Waals surface area contributed by atoms with E-state index in [4.69, 9.17) is 9.47 Å². The molecule has 0 unspecified atom stereocenters. The fraction of sp³-hybridized carbons (Fsp3) is 0.944. The van der Waals surface area contributed by atoms with Crippen molar-refractivity contribution in [2.75, 3.05) is 13.2 Å². The highest BCUT2D eigenvalue weighted by Crippen LogP contribution is 2.18. The molecule has 0 aromatic carbocycles. The van der Waals surface area contributed by atoms with Crippen molar-refractivity contribution in [2.45, 2.75) is 420 Å². The minimum absolute atomic E-state index is 0.0239. The van der Waals surface area contributed by atoms with Crippen molar-refractivity contribution >= 4 is 11.9 Å². The van der Waals surface area contributed by atoms with Gasteiger partial charge in [0.15, 0.2) is 0 Å². The van der Waals surface area contributed by atoms with Gasteiger partial charge >= 0.3 is 11.9 Å². The zero-order valence-corrected chi connectivity index (χ0v) is 53.2. The number of rotatable bonds is 64. The number of carbonyl (C=O) groups excluding carboxylic acids is 2. The van der Waals surface area contributed by atoms with E-state index in [0.29, 0.717) is 26.1 Å². The van der Waals surface area contributed by atoms with Gasteiger partial charge in [-0.1, -0.05) is 368 Å². The third-order valence-corrected chi connectivity index (χ3v) is 16.1. The zero-order chi connectivity index (χ0) is 55.4. The highest BCUT2D eigenvalue weighted by Gasteiger charge is 2.05. The molecule has 0 saturated heterocycles. The van der Waals surface area contributed by atoms with Gasteiger partial charge in [-0.05, 0) is 57.3 Å². The van der Waals surface area contributed by atoms with E-state index in [1.807, 2.05) is 0 Å². The largest absolute Gasteiger partial charge is 0.466 e. The predicted molar refractivity (Wildman–Crippen MR) is 340 cm³/mol. The van der Waals surface area contributed by atoms with Crippen LogP contribution in [0.15, 0.2) is 12.2 Å². The summed E-state index contributed by atoms with van der Waals surface area (Å²) >= 11 is 0. The molecule has 0 heterocycles. The lowest BCUT2D eigenvalue weighted by Gasteiger charge is -2.06. The first kappa shape index (κ1) is 76.7. The summed E-state index contributed by atoms with van der Waals surface area (Å²) in [6.45, 7) is 12.8. The van der Waals surface area contributed by atoms with Crippen LogP contribution in [-0.2, 0) is 19.1 Å². The van der Waals surface area contributed by atoms with Gasteiger partial charge in [0.2, 0.25) is 0 Å². The second kappa shape index (κ2) is 71.7. The number of unbranched alkanes of at least 4 members (excludes halogenated alkanes) is 52. The molecule has 0 radical (unpaired) electrons. The monoisotopic (exact) mass is 1070 g/mol. The van der Waals surface area contributed by atoms with Crippen LogP contribution < -0.4 is 0 Å². The molecule has 0 bridgehead atoms. The van der Waals surface area contributed by atoms with E-state index in [-0.39, 0.29) is 11.9 Å². The van der Waals surface area contributed by atoms with E-state index >= 15 is 0 Å². The first-order valence-corrected chi connectivity index (χ1v) is 35.4. The SMILES string of the molecule is CCCCCCCC/C=C\CCCCCCCCCCCC(=O)OCCCCCCCCCCCCCCCCCC.CCCCCCCCCCCCCC(=O)OCCCCCCCCCCCCCCCC(C)C. The Morgan fingerprint density at radius 3 is 0.697 bits per heavy atom. The van der Waals surface area contributed by atoms with Gasteiger partial charge in [0.05, 0.1) is 13.2 Å². The standard InChI is InChI=1S/C40H78O2.C32H64O2/c1-3-5-7-9-11-13-15-17-19-21-22-23-24-26-28-30-32-34-36-38-40(41)42-39-37-35-33-31-29-27-25-20-18-16-14-12-10-8-6-4-2;1-4-5-6-7-8-9-13-17-20-23-26-29-32(33)34-30-27-24-21-18-15-12-10-11-14-16-19-22-25-28-31(2)3/h17,19H,3-16,18,20-39H2,1-2H3;31H,4-30H2,1-3H3/b19-17-;. The number of esters is 2. The Hall–Kier alpha value is -1.32. The molecule has 454 valence electrons. The van der Waals surface area contributed by atoms with Gasteiger partial charge in [-0.25, -0.2) is 0 Å².